The van der Waals surface area contributed by atoms with Crippen molar-refractivity contribution < 1.29 is 13.9 Å². The molecule has 7 heteroatoms. The molecule has 1 aromatic heterocycles. The van der Waals surface area contributed by atoms with Crippen LogP contribution < -0.4 is 10.1 Å². The molecule has 0 saturated carbocycles. The Hall–Kier alpha value is -2.80. The first-order valence-corrected chi connectivity index (χ1v) is 9.09. The Morgan fingerprint density at radius 2 is 1.92 bits per heavy atom. The fourth-order valence-corrected chi connectivity index (χ4v) is 3.10. The summed E-state index contributed by atoms with van der Waals surface area (Å²) in [6.07, 6.45) is 3.53. The average Bonchev–Trinajstić information content (AvgIpc) is 3.11. The lowest BCUT2D eigenvalue weighted by Crippen LogP contribution is -2.14. The monoisotopic (exact) mass is 371 g/mol. The molecule has 0 unspecified atom stereocenters. The quantitative estimate of drug-likeness (QED) is 0.634. The third kappa shape index (κ3) is 4.64. The van der Waals surface area contributed by atoms with Gasteiger partial charge in [-0.25, -0.2) is 9.37 Å². The second-order valence-electron chi connectivity index (χ2n) is 5.35. The number of hydrogen-bond acceptors (Lipinski definition) is 4. The van der Waals surface area contributed by atoms with Gasteiger partial charge in [-0.05, 0) is 55.5 Å². The molecule has 0 radical (unpaired) electrons. The van der Waals surface area contributed by atoms with Crippen LogP contribution in [0.25, 0.3) is 5.69 Å². The lowest BCUT2D eigenvalue weighted by Gasteiger charge is -2.09. The first kappa shape index (κ1) is 18.0. The fourth-order valence-electron chi connectivity index (χ4n) is 2.32. The zero-order valence-corrected chi connectivity index (χ0v) is 15.0. The number of amides is 1. The van der Waals surface area contributed by atoms with Gasteiger partial charge in [0, 0.05) is 23.8 Å². The van der Waals surface area contributed by atoms with Gasteiger partial charge < -0.3 is 10.1 Å². The molecule has 0 fully saturated rings. The molecule has 5 nitrogen and oxygen atoms in total. The van der Waals surface area contributed by atoms with Gasteiger partial charge in [-0.2, -0.15) is 0 Å². The molecule has 134 valence electrons. The van der Waals surface area contributed by atoms with Crippen molar-refractivity contribution in [3.8, 4) is 11.4 Å². The lowest BCUT2D eigenvalue weighted by molar-refractivity contribution is -0.113. The SMILES string of the molecule is CCOc1ccc(-n2ccnc2SCC(=O)Nc2ccc(F)cc2)cc1. The van der Waals surface area contributed by atoms with Crippen molar-refractivity contribution in [2.45, 2.75) is 12.1 Å². The summed E-state index contributed by atoms with van der Waals surface area (Å²) < 4.78 is 20.2. The van der Waals surface area contributed by atoms with E-state index in [4.69, 9.17) is 4.74 Å². The van der Waals surface area contributed by atoms with Crippen LogP contribution in [0.5, 0.6) is 5.75 Å². The Labute approximate surface area is 155 Å². The van der Waals surface area contributed by atoms with Crippen LogP contribution in [0.1, 0.15) is 6.92 Å². The van der Waals surface area contributed by atoms with Gasteiger partial charge in [-0.3, -0.25) is 9.36 Å². The summed E-state index contributed by atoms with van der Waals surface area (Å²) in [6.45, 7) is 2.56. The summed E-state index contributed by atoms with van der Waals surface area (Å²) in [7, 11) is 0. The number of rotatable bonds is 7. The van der Waals surface area contributed by atoms with E-state index in [1.165, 1.54) is 36.0 Å². The van der Waals surface area contributed by atoms with Crippen LogP contribution in [0.3, 0.4) is 0 Å². The highest BCUT2D eigenvalue weighted by molar-refractivity contribution is 7.99. The number of nitrogens with zero attached hydrogens (tertiary/aromatic N) is 2. The van der Waals surface area contributed by atoms with Crippen LogP contribution in [0.2, 0.25) is 0 Å². The minimum atomic E-state index is -0.338. The number of hydrogen-bond donors (Lipinski definition) is 1. The van der Waals surface area contributed by atoms with E-state index in [9.17, 15) is 9.18 Å². The number of ether oxygens (including phenoxy) is 1. The summed E-state index contributed by atoms with van der Waals surface area (Å²) in [6, 6.07) is 13.3. The molecule has 0 aliphatic rings. The molecule has 0 spiro atoms. The largest absolute Gasteiger partial charge is 0.494 e. The van der Waals surface area contributed by atoms with Gasteiger partial charge in [-0.1, -0.05) is 11.8 Å². The fraction of sp³-hybridized carbons (Fsp3) is 0.158. The van der Waals surface area contributed by atoms with Crippen molar-refractivity contribution in [2.75, 3.05) is 17.7 Å². The van der Waals surface area contributed by atoms with E-state index in [-0.39, 0.29) is 17.5 Å². The molecule has 2 aromatic carbocycles. The smallest absolute Gasteiger partial charge is 0.234 e. The number of nitrogens with one attached hydrogen (secondary N) is 1. The molecule has 3 aromatic rings. The van der Waals surface area contributed by atoms with E-state index in [1.807, 2.05) is 42.0 Å². The Morgan fingerprint density at radius 1 is 1.19 bits per heavy atom. The number of anilines is 1. The van der Waals surface area contributed by atoms with E-state index in [2.05, 4.69) is 10.3 Å². The molecule has 0 saturated heterocycles. The van der Waals surface area contributed by atoms with Crippen molar-refractivity contribution in [1.82, 2.24) is 9.55 Å². The third-order valence-electron chi connectivity index (χ3n) is 3.49. The number of carbonyl (C=O) groups is 1. The predicted molar refractivity (Wildman–Crippen MR) is 100 cm³/mol. The molecule has 0 atom stereocenters. The van der Waals surface area contributed by atoms with Crippen molar-refractivity contribution >= 4 is 23.4 Å². The summed E-state index contributed by atoms with van der Waals surface area (Å²) in [4.78, 5) is 16.4. The van der Waals surface area contributed by atoms with E-state index in [0.717, 1.165) is 11.4 Å². The highest BCUT2D eigenvalue weighted by Crippen LogP contribution is 2.22. The Morgan fingerprint density at radius 3 is 2.62 bits per heavy atom. The molecular formula is C19H18FN3O2S. The topological polar surface area (TPSA) is 56.2 Å². The Balaban J connectivity index is 1.61. The molecule has 26 heavy (non-hydrogen) atoms. The first-order valence-electron chi connectivity index (χ1n) is 8.10. The third-order valence-corrected chi connectivity index (χ3v) is 4.46. The van der Waals surface area contributed by atoms with Gasteiger partial charge in [0.1, 0.15) is 11.6 Å². The van der Waals surface area contributed by atoms with Gasteiger partial charge in [-0.15, -0.1) is 0 Å². The normalized spacial score (nSPS) is 10.5. The van der Waals surface area contributed by atoms with Gasteiger partial charge >= 0.3 is 0 Å². The van der Waals surface area contributed by atoms with E-state index < -0.39 is 0 Å². The molecular weight excluding hydrogens is 353 g/mol. The van der Waals surface area contributed by atoms with Gasteiger partial charge in [0.05, 0.1) is 12.4 Å². The Kier molecular flexibility index (Phi) is 5.91. The average molecular weight is 371 g/mol. The number of carbonyl (C=O) groups excluding carboxylic acids is 1. The molecule has 0 aliphatic heterocycles. The second-order valence-corrected chi connectivity index (χ2v) is 6.29. The Bertz CT molecular complexity index is 863. The number of thioether (sulfide) groups is 1. The van der Waals surface area contributed by atoms with Crippen molar-refractivity contribution in [1.29, 1.82) is 0 Å². The van der Waals surface area contributed by atoms with Crippen LogP contribution in [-0.4, -0.2) is 27.8 Å². The van der Waals surface area contributed by atoms with Crippen molar-refractivity contribution in [3.63, 3.8) is 0 Å². The standard InChI is InChI=1S/C19H18FN3O2S/c1-2-25-17-9-7-16(8-10-17)23-12-11-21-19(23)26-13-18(24)22-15-5-3-14(20)4-6-15/h3-12H,2,13H2,1H3,(H,22,24). The van der Waals surface area contributed by atoms with E-state index in [1.54, 1.807) is 6.20 Å². The molecule has 1 heterocycles. The predicted octanol–water partition coefficient (Wildman–Crippen LogP) is 4.14. The van der Waals surface area contributed by atoms with Gasteiger partial charge in [0.25, 0.3) is 0 Å². The summed E-state index contributed by atoms with van der Waals surface area (Å²) in [5.41, 5.74) is 1.50. The lowest BCUT2D eigenvalue weighted by atomic mass is 10.3. The molecule has 0 bridgehead atoms. The van der Waals surface area contributed by atoms with E-state index in [0.29, 0.717) is 17.5 Å². The van der Waals surface area contributed by atoms with Gasteiger partial charge in [0.15, 0.2) is 5.16 Å². The zero-order valence-electron chi connectivity index (χ0n) is 14.2. The van der Waals surface area contributed by atoms with Crippen LogP contribution in [0, 0.1) is 5.82 Å². The highest BCUT2D eigenvalue weighted by atomic mass is 32.2. The van der Waals surface area contributed by atoms with Crippen LogP contribution in [0.4, 0.5) is 10.1 Å². The minimum absolute atomic E-state index is 0.178. The van der Waals surface area contributed by atoms with Crippen LogP contribution in [-0.2, 0) is 4.79 Å². The van der Waals surface area contributed by atoms with Gasteiger partial charge in [0.2, 0.25) is 5.91 Å². The number of halogens is 1. The summed E-state index contributed by atoms with van der Waals surface area (Å²) in [5, 5.41) is 3.44. The number of aromatic nitrogens is 2. The van der Waals surface area contributed by atoms with Crippen LogP contribution >= 0.6 is 11.8 Å². The zero-order chi connectivity index (χ0) is 18.4. The maximum atomic E-state index is 12.9. The molecule has 3 rings (SSSR count). The number of imidazole rings is 1. The molecule has 1 amide bonds. The van der Waals surface area contributed by atoms with Crippen molar-refractivity contribution in [3.05, 3.63) is 66.7 Å². The molecule has 1 N–H and O–H groups in total. The second kappa shape index (κ2) is 8.53. The molecule has 0 aliphatic carbocycles. The maximum Gasteiger partial charge on any atom is 0.234 e. The summed E-state index contributed by atoms with van der Waals surface area (Å²) >= 11 is 1.33. The summed E-state index contributed by atoms with van der Waals surface area (Å²) in [5.74, 6) is 0.493. The first-order chi connectivity index (χ1) is 12.7. The maximum absolute atomic E-state index is 12.9. The minimum Gasteiger partial charge on any atom is -0.494 e. The van der Waals surface area contributed by atoms with Crippen LogP contribution in [0.15, 0.2) is 66.1 Å². The number of benzene rings is 2. The highest BCUT2D eigenvalue weighted by Gasteiger charge is 2.10. The van der Waals surface area contributed by atoms with Crippen molar-refractivity contribution in [2.24, 2.45) is 0 Å². The van der Waals surface area contributed by atoms with E-state index >= 15 is 0 Å².